The lowest BCUT2D eigenvalue weighted by Crippen LogP contribution is -2.17. The van der Waals surface area contributed by atoms with Gasteiger partial charge in [-0.2, -0.15) is 0 Å². The van der Waals surface area contributed by atoms with E-state index in [2.05, 4.69) is 40.3 Å². The molecule has 0 saturated carbocycles. The fraction of sp³-hybridized carbons (Fsp3) is 0.231. The topological polar surface area (TPSA) is 12.0 Å². The fourth-order valence-electron chi connectivity index (χ4n) is 1.57. The second kappa shape index (κ2) is 6.01. The minimum Gasteiger partial charge on any atom is -0.305 e. The quantitative estimate of drug-likeness (QED) is 0.830. The van der Waals surface area contributed by atoms with Crippen molar-refractivity contribution < 1.29 is 0 Å². The molecule has 1 unspecified atom stereocenters. The van der Waals surface area contributed by atoms with Crippen LogP contribution in [-0.4, -0.2) is 0 Å². The Bertz CT molecular complexity index is 498. The zero-order chi connectivity index (χ0) is 12.3. The van der Waals surface area contributed by atoms with Crippen LogP contribution in [0.15, 0.2) is 40.2 Å². The van der Waals surface area contributed by atoms with Crippen molar-refractivity contribution in [2.75, 3.05) is 0 Å². The first-order valence-electron chi connectivity index (χ1n) is 5.39. The number of halogens is 2. The Kier molecular flexibility index (Phi) is 4.62. The van der Waals surface area contributed by atoms with Crippen LogP contribution in [-0.2, 0) is 6.54 Å². The van der Waals surface area contributed by atoms with Gasteiger partial charge in [0.1, 0.15) is 0 Å². The molecule has 0 amide bonds. The van der Waals surface area contributed by atoms with E-state index in [9.17, 15) is 0 Å². The number of benzene rings is 1. The van der Waals surface area contributed by atoms with Gasteiger partial charge in [0.2, 0.25) is 0 Å². The molecule has 0 aliphatic rings. The van der Waals surface area contributed by atoms with E-state index in [4.69, 9.17) is 11.6 Å². The van der Waals surface area contributed by atoms with Crippen molar-refractivity contribution in [3.63, 3.8) is 0 Å². The Morgan fingerprint density at radius 3 is 2.71 bits per heavy atom. The second-order valence-corrected chi connectivity index (χ2v) is 6.74. The molecule has 1 aromatic heterocycles. The molecule has 0 radical (unpaired) electrons. The number of thiophene rings is 1. The van der Waals surface area contributed by atoms with E-state index in [0.717, 1.165) is 17.1 Å². The molecule has 0 bridgehead atoms. The summed E-state index contributed by atoms with van der Waals surface area (Å²) in [6.07, 6.45) is 0. The van der Waals surface area contributed by atoms with E-state index in [1.807, 2.05) is 24.3 Å². The summed E-state index contributed by atoms with van der Waals surface area (Å²) in [5, 5.41) is 4.29. The predicted molar refractivity (Wildman–Crippen MR) is 78.7 cm³/mol. The zero-order valence-electron chi connectivity index (χ0n) is 9.41. The molecule has 2 rings (SSSR count). The van der Waals surface area contributed by atoms with E-state index in [1.165, 1.54) is 8.66 Å². The van der Waals surface area contributed by atoms with Gasteiger partial charge in [-0.05, 0) is 46.6 Å². The van der Waals surface area contributed by atoms with Gasteiger partial charge in [0, 0.05) is 22.5 Å². The molecule has 1 aromatic carbocycles. The summed E-state index contributed by atoms with van der Waals surface area (Å²) in [7, 11) is 0. The van der Waals surface area contributed by atoms with Gasteiger partial charge in [-0.1, -0.05) is 29.8 Å². The van der Waals surface area contributed by atoms with Gasteiger partial charge in [-0.15, -0.1) is 11.3 Å². The van der Waals surface area contributed by atoms with Crippen molar-refractivity contribution in [1.82, 2.24) is 5.32 Å². The van der Waals surface area contributed by atoms with Crippen LogP contribution in [0.25, 0.3) is 0 Å². The van der Waals surface area contributed by atoms with E-state index in [1.54, 1.807) is 11.3 Å². The maximum Gasteiger partial charge on any atom is 0.0701 e. The van der Waals surface area contributed by atoms with Crippen molar-refractivity contribution in [2.24, 2.45) is 0 Å². The fourth-order valence-corrected chi connectivity index (χ4v) is 3.22. The largest absolute Gasteiger partial charge is 0.305 e. The zero-order valence-corrected chi connectivity index (χ0v) is 12.6. The summed E-state index contributed by atoms with van der Waals surface area (Å²) in [4.78, 5) is 1.32. The third-order valence-corrected chi connectivity index (χ3v) is 4.75. The molecule has 1 nitrogen and oxygen atoms in total. The molecular formula is C13H13BrClNS. The molecule has 0 fully saturated rings. The van der Waals surface area contributed by atoms with Gasteiger partial charge in [-0.25, -0.2) is 0 Å². The van der Waals surface area contributed by atoms with Crippen molar-refractivity contribution in [3.8, 4) is 0 Å². The molecule has 2 aromatic rings. The summed E-state index contributed by atoms with van der Waals surface area (Å²) < 4.78 is 1.17. The van der Waals surface area contributed by atoms with Gasteiger partial charge >= 0.3 is 0 Å². The number of hydrogen-bond acceptors (Lipinski definition) is 2. The molecule has 0 spiro atoms. The SMILES string of the molecule is CC(NCc1ccccc1Cl)c1ccc(Br)s1. The number of hydrogen-bond donors (Lipinski definition) is 1. The Morgan fingerprint density at radius 1 is 1.29 bits per heavy atom. The minimum absolute atomic E-state index is 0.336. The average molecular weight is 331 g/mol. The van der Waals surface area contributed by atoms with Crippen molar-refractivity contribution in [1.29, 1.82) is 0 Å². The molecule has 4 heteroatoms. The average Bonchev–Trinajstić information content (AvgIpc) is 2.74. The molecular weight excluding hydrogens is 318 g/mol. The summed E-state index contributed by atoms with van der Waals surface area (Å²) in [6.45, 7) is 2.95. The molecule has 17 heavy (non-hydrogen) atoms. The lowest BCUT2D eigenvalue weighted by molar-refractivity contribution is 0.583. The summed E-state index contributed by atoms with van der Waals surface area (Å²) in [5.74, 6) is 0. The molecule has 1 atom stereocenters. The van der Waals surface area contributed by atoms with Crippen LogP contribution >= 0.6 is 38.9 Å². The van der Waals surface area contributed by atoms with Crippen molar-refractivity contribution in [2.45, 2.75) is 19.5 Å². The Labute approximate surface area is 119 Å². The van der Waals surface area contributed by atoms with Gasteiger partial charge < -0.3 is 5.32 Å². The lowest BCUT2D eigenvalue weighted by Gasteiger charge is -2.12. The van der Waals surface area contributed by atoms with Crippen LogP contribution in [0.5, 0.6) is 0 Å². The highest BCUT2D eigenvalue weighted by atomic mass is 79.9. The molecule has 1 heterocycles. The van der Waals surface area contributed by atoms with Crippen LogP contribution in [0, 0.1) is 0 Å². The molecule has 1 N–H and O–H groups in total. The molecule has 90 valence electrons. The van der Waals surface area contributed by atoms with Crippen LogP contribution < -0.4 is 5.32 Å². The highest BCUT2D eigenvalue weighted by molar-refractivity contribution is 9.11. The van der Waals surface area contributed by atoms with Gasteiger partial charge in [0.15, 0.2) is 0 Å². The Balaban J connectivity index is 1.97. The number of rotatable bonds is 4. The Morgan fingerprint density at radius 2 is 2.06 bits per heavy atom. The summed E-state index contributed by atoms with van der Waals surface area (Å²) >= 11 is 11.3. The smallest absolute Gasteiger partial charge is 0.0701 e. The van der Waals surface area contributed by atoms with E-state index < -0.39 is 0 Å². The maximum atomic E-state index is 6.11. The molecule has 0 aliphatic carbocycles. The van der Waals surface area contributed by atoms with Gasteiger partial charge in [0.05, 0.1) is 3.79 Å². The highest BCUT2D eigenvalue weighted by Crippen LogP contribution is 2.27. The molecule has 0 aliphatic heterocycles. The van der Waals surface area contributed by atoms with Crippen molar-refractivity contribution in [3.05, 3.63) is 55.6 Å². The van der Waals surface area contributed by atoms with Crippen LogP contribution in [0.4, 0.5) is 0 Å². The van der Waals surface area contributed by atoms with Crippen LogP contribution in [0.3, 0.4) is 0 Å². The second-order valence-electron chi connectivity index (χ2n) is 3.84. The highest BCUT2D eigenvalue weighted by Gasteiger charge is 2.08. The molecule has 0 saturated heterocycles. The van der Waals surface area contributed by atoms with Gasteiger partial charge in [0.25, 0.3) is 0 Å². The van der Waals surface area contributed by atoms with E-state index >= 15 is 0 Å². The minimum atomic E-state index is 0.336. The van der Waals surface area contributed by atoms with Crippen molar-refractivity contribution >= 4 is 38.9 Å². The van der Waals surface area contributed by atoms with Crippen LogP contribution in [0.2, 0.25) is 5.02 Å². The van der Waals surface area contributed by atoms with E-state index in [0.29, 0.717) is 6.04 Å². The predicted octanol–water partition coefficient (Wildman–Crippen LogP) is 5.01. The third kappa shape index (κ3) is 3.55. The Hall–Kier alpha value is -0.350. The van der Waals surface area contributed by atoms with Gasteiger partial charge in [-0.3, -0.25) is 0 Å². The lowest BCUT2D eigenvalue weighted by atomic mass is 10.2. The first-order valence-corrected chi connectivity index (χ1v) is 7.37. The monoisotopic (exact) mass is 329 g/mol. The first-order chi connectivity index (χ1) is 8.16. The van der Waals surface area contributed by atoms with Crippen LogP contribution in [0.1, 0.15) is 23.4 Å². The summed E-state index contributed by atoms with van der Waals surface area (Å²) in [5.41, 5.74) is 1.14. The normalized spacial score (nSPS) is 12.6. The maximum absolute atomic E-state index is 6.11. The third-order valence-electron chi connectivity index (χ3n) is 2.58. The first kappa shape index (κ1) is 13.1. The standard InChI is InChI=1S/C13H13BrClNS/c1-9(12-6-7-13(14)17-12)16-8-10-4-2-3-5-11(10)15/h2-7,9,16H,8H2,1H3. The number of nitrogens with one attached hydrogen (secondary N) is 1. The van der Waals surface area contributed by atoms with E-state index in [-0.39, 0.29) is 0 Å². The summed E-state index contributed by atoms with van der Waals surface area (Å²) in [6, 6.07) is 12.5.